The molecular weight excluding hydrogens is 364 g/mol. The van der Waals surface area contributed by atoms with E-state index in [4.69, 9.17) is 14.6 Å². The van der Waals surface area contributed by atoms with Crippen LogP contribution in [0.15, 0.2) is 54.6 Å². The number of benzene rings is 2. The zero-order chi connectivity index (χ0) is 19.9. The van der Waals surface area contributed by atoms with E-state index in [1.54, 1.807) is 0 Å². The van der Waals surface area contributed by atoms with Crippen LogP contribution in [-0.2, 0) is 15.1 Å². The summed E-state index contributed by atoms with van der Waals surface area (Å²) in [6.45, 7) is 0.799. The van der Waals surface area contributed by atoms with Gasteiger partial charge in [0.1, 0.15) is 11.5 Å². The Balaban J connectivity index is 1.25. The average Bonchev–Trinajstić information content (AvgIpc) is 3.46. The maximum absolute atomic E-state index is 11.0. The van der Waals surface area contributed by atoms with Gasteiger partial charge in [-0.15, -0.1) is 0 Å². The van der Waals surface area contributed by atoms with Gasteiger partial charge >= 0.3 is 5.97 Å². The minimum Gasteiger partial charge on any atom is -0.481 e. The minimum atomic E-state index is -0.657. The highest BCUT2D eigenvalue weighted by Crippen LogP contribution is 2.59. The van der Waals surface area contributed by atoms with Crippen molar-refractivity contribution < 1.29 is 19.4 Å². The van der Waals surface area contributed by atoms with E-state index in [1.165, 1.54) is 18.4 Å². The fraction of sp³-hybridized carbons (Fsp3) is 0.480. The first-order chi connectivity index (χ1) is 14.1. The Hall–Kier alpha value is -2.33. The van der Waals surface area contributed by atoms with Crippen molar-refractivity contribution in [3.63, 3.8) is 0 Å². The van der Waals surface area contributed by atoms with E-state index in [-0.39, 0.29) is 11.0 Å². The van der Waals surface area contributed by atoms with Crippen molar-refractivity contribution in [2.24, 2.45) is 17.3 Å². The maximum Gasteiger partial charge on any atom is 0.303 e. The lowest BCUT2D eigenvalue weighted by atomic mass is 9.62. The summed E-state index contributed by atoms with van der Waals surface area (Å²) in [6.07, 6.45) is 6.98. The lowest BCUT2D eigenvalue weighted by Gasteiger charge is -2.53. The lowest BCUT2D eigenvalue weighted by Crippen LogP contribution is -2.49. The fourth-order valence-electron chi connectivity index (χ4n) is 5.46. The highest BCUT2D eigenvalue weighted by molar-refractivity contribution is 5.67. The Morgan fingerprint density at radius 3 is 2.45 bits per heavy atom. The van der Waals surface area contributed by atoms with Gasteiger partial charge < -0.3 is 14.6 Å². The Kier molecular flexibility index (Phi) is 4.62. The van der Waals surface area contributed by atoms with Gasteiger partial charge in [-0.25, -0.2) is 0 Å². The van der Waals surface area contributed by atoms with E-state index in [0.717, 1.165) is 43.8 Å². The highest BCUT2D eigenvalue weighted by Gasteiger charge is 2.53. The van der Waals surface area contributed by atoms with E-state index >= 15 is 0 Å². The third-order valence-electron chi connectivity index (χ3n) is 7.31. The Morgan fingerprint density at radius 2 is 1.76 bits per heavy atom. The number of hydrogen-bond acceptors (Lipinski definition) is 3. The lowest BCUT2D eigenvalue weighted by molar-refractivity contribution is -0.193. The first-order valence-electron chi connectivity index (χ1n) is 10.8. The summed E-state index contributed by atoms with van der Waals surface area (Å²) < 4.78 is 12.6. The monoisotopic (exact) mass is 392 g/mol. The smallest absolute Gasteiger partial charge is 0.303 e. The van der Waals surface area contributed by atoms with Crippen LogP contribution in [0.2, 0.25) is 0 Å². The van der Waals surface area contributed by atoms with Crippen molar-refractivity contribution in [3.05, 3.63) is 60.2 Å². The molecule has 2 aromatic carbocycles. The SMILES string of the molecule is O=C(O)C[C@H]1C[C@@H]1CC12CCC(c3cccc(Oc4ccccc4)c3)(CC1)OC2. The molecule has 2 aliphatic heterocycles. The van der Waals surface area contributed by atoms with Gasteiger partial charge in [0.05, 0.1) is 12.2 Å². The molecule has 2 aliphatic carbocycles. The second-order valence-corrected chi connectivity index (χ2v) is 9.28. The molecule has 2 heterocycles. The predicted octanol–water partition coefficient (Wildman–Crippen LogP) is 5.77. The van der Waals surface area contributed by atoms with Crippen molar-refractivity contribution in [3.8, 4) is 11.5 Å². The van der Waals surface area contributed by atoms with Gasteiger partial charge in [-0.2, -0.15) is 0 Å². The van der Waals surface area contributed by atoms with Crippen molar-refractivity contribution >= 4 is 5.97 Å². The summed E-state index contributed by atoms with van der Waals surface area (Å²) in [5.41, 5.74) is 1.29. The van der Waals surface area contributed by atoms with Crippen LogP contribution in [-0.4, -0.2) is 17.7 Å². The first-order valence-corrected chi connectivity index (χ1v) is 10.8. The molecule has 4 aliphatic rings. The molecular formula is C25H28O4. The van der Waals surface area contributed by atoms with Gasteiger partial charge in [0.15, 0.2) is 0 Å². The molecule has 4 fully saturated rings. The maximum atomic E-state index is 11.0. The number of carbonyl (C=O) groups is 1. The molecule has 2 bridgehead atoms. The van der Waals surface area contributed by atoms with E-state index < -0.39 is 5.97 Å². The number of rotatable bonds is 7. The van der Waals surface area contributed by atoms with E-state index in [1.807, 2.05) is 36.4 Å². The van der Waals surface area contributed by atoms with Gasteiger partial charge in [0.2, 0.25) is 0 Å². The molecule has 0 radical (unpaired) electrons. The first kappa shape index (κ1) is 18.7. The Bertz CT molecular complexity index is 866. The van der Waals surface area contributed by atoms with Crippen LogP contribution >= 0.6 is 0 Å². The van der Waals surface area contributed by atoms with Crippen LogP contribution in [0.4, 0.5) is 0 Å². The molecule has 0 aromatic heterocycles. The zero-order valence-corrected chi connectivity index (χ0v) is 16.7. The zero-order valence-electron chi connectivity index (χ0n) is 16.7. The highest BCUT2D eigenvalue weighted by atomic mass is 16.5. The molecule has 6 rings (SSSR count). The molecule has 2 aromatic rings. The molecule has 1 N–H and O–H groups in total. The van der Waals surface area contributed by atoms with Crippen molar-refractivity contribution in [1.82, 2.24) is 0 Å². The van der Waals surface area contributed by atoms with E-state index in [2.05, 4.69) is 18.2 Å². The normalized spacial score (nSPS) is 32.7. The topological polar surface area (TPSA) is 55.8 Å². The standard InChI is InChI=1S/C25H28O4/c26-23(27)14-18-13-19(18)16-24-9-11-25(12-10-24,28-17-24)20-5-4-8-22(15-20)29-21-6-2-1-3-7-21/h1-8,15,18-19H,9-14,16-17H2,(H,26,27)/t18-,19-,24?,25?/m1/s1. The van der Waals surface area contributed by atoms with Gasteiger partial charge in [0, 0.05) is 6.42 Å². The van der Waals surface area contributed by atoms with Crippen molar-refractivity contribution in [2.75, 3.05) is 6.61 Å². The summed E-state index contributed by atoms with van der Waals surface area (Å²) in [6, 6.07) is 18.2. The Labute approximate surface area is 171 Å². The van der Waals surface area contributed by atoms with Crippen molar-refractivity contribution in [1.29, 1.82) is 0 Å². The molecule has 2 saturated heterocycles. The summed E-state index contributed by atoms with van der Waals surface area (Å²) in [4.78, 5) is 11.0. The Morgan fingerprint density at radius 1 is 1.00 bits per heavy atom. The number of aliphatic carboxylic acids is 1. The molecule has 4 nitrogen and oxygen atoms in total. The number of ether oxygens (including phenoxy) is 2. The molecule has 29 heavy (non-hydrogen) atoms. The van der Waals surface area contributed by atoms with Crippen LogP contribution in [0.5, 0.6) is 11.5 Å². The van der Waals surface area contributed by atoms with Gasteiger partial charge in [-0.3, -0.25) is 4.79 Å². The fourth-order valence-corrected chi connectivity index (χ4v) is 5.46. The van der Waals surface area contributed by atoms with Crippen LogP contribution in [0, 0.1) is 17.3 Å². The van der Waals surface area contributed by atoms with E-state index in [0.29, 0.717) is 18.3 Å². The molecule has 4 heteroatoms. The average molecular weight is 392 g/mol. The molecule has 2 atom stereocenters. The molecule has 152 valence electrons. The van der Waals surface area contributed by atoms with E-state index in [9.17, 15) is 4.79 Å². The van der Waals surface area contributed by atoms with Gasteiger partial charge in [-0.1, -0.05) is 30.3 Å². The molecule has 2 saturated carbocycles. The third-order valence-corrected chi connectivity index (χ3v) is 7.31. The van der Waals surface area contributed by atoms with Crippen LogP contribution in [0.1, 0.15) is 50.5 Å². The van der Waals surface area contributed by atoms with Gasteiger partial charge in [-0.05, 0) is 85.6 Å². The van der Waals surface area contributed by atoms with Crippen LogP contribution in [0.3, 0.4) is 0 Å². The largest absolute Gasteiger partial charge is 0.481 e. The summed E-state index contributed by atoms with van der Waals surface area (Å²) >= 11 is 0. The number of fused-ring (bicyclic) bond motifs is 3. The third kappa shape index (κ3) is 3.78. The predicted molar refractivity (Wildman–Crippen MR) is 110 cm³/mol. The summed E-state index contributed by atoms with van der Waals surface area (Å²) in [7, 11) is 0. The number of carboxylic acid groups (broad SMARTS) is 1. The van der Waals surface area contributed by atoms with Crippen LogP contribution in [0.25, 0.3) is 0 Å². The quantitative estimate of drug-likeness (QED) is 0.650. The summed E-state index contributed by atoms with van der Waals surface area (Å²) in [5.74, 6) is 2.01. The molecule has 0 spiro atoms. The van der Waals surface area contributed by atoms with Crippen molar-refractivity contribution in [2.45, 2.75) is 50.5 Å². The molecule has 0 unspecified atom stereocenters. The molecule has 0 amide bonds. The number of para-hydroxylation sites is 1. The second-order valence-electron chi connectivity index (χ2n) is 9.28. The number of hydrogen-bond donors (Lipinski definition) is 1. The summed E-state index contributed by atoms with van der Waals surface area (Å²) in [5, 5.41) is 9.02. The number of carboxylic acids is 1. The van der Waals surface area contributed by atoms with Gasteiger partial charge in [0.25, 0.3) is 0 Å². The minimum absolute atomic E-state index is 0.193. The van der Waals surface area contributed by atoms with Crippen LogP contribution < -0.4 is 4.74 Å². The second kappa shape index (κ2) is 7.17.